The molecule has 9 aromatic carbocycles. The molecular weight excluding hydrogens is 747 g/mol. The van der Waals surface area contributed by atoms with Gasteiger partial charge in [-0.1, -0.05) is 140 Å². The first-order chi connectivity index (χ1) is 30.3. The second-order valence-corrected chi connectivity index (χ2v) is 15.6. The Morgan fingerprint density at radius 1 is 0.311 bits per heavy atom. The van der Waals surface area contributed by atoms with E-state index in [1.807, 2.05) is 60.7 Å². The molecule has 13 rings (SSSR count). The topological polar surface area (TPSA) is 61.7 Å². The van der Waals surface area contributed by atoms with Gasteiger partial charge >= 0.3 is 0 Å². The zero-order valence-electron chi connectivity index (χ0n) is 32.7. The largest absolute Gasteiger partial charge is 0.456 e. The lowest BCUT2D eigenvalue weighted by Crippen LogP contribution is -2.00. The van der Waals surface area contributed by atoms with Gasteiger partial charge in [-0.05, 0) is 65.4 Å². The van der Waals surface area contributed by atoms with Crippen LogP contribution in [0.25, 0.3) is 122 Å². The third kappa shape index (κ3) is 5.06. The van der Waals surface area contributed by atoms with Crippen molar-refractivity contribution in [3.8, 4) is 45.5 Å². The Labute approximate surface area is 349 Å². The van der Waals surface area contributed by atoms with Crippen LogP contribution >= 0.6 is 0 Å². The van der Waals surface area contributed by atoms with E-state index in [1.54, 1.807) is 0 Å². The summed E-state index contributed by atoms with van der Waals surface area (Å²) in [4.78, 5) is 15.2. The Morgan fingerprint density at radius 3 is 1.41 bits per heavy atom. The minimum atomic E-state index is 0.595. The van der Waals surface area contributed by atoms with E-state index in [2.05, 4.69) is 149 Å². The van der Waals surface area contributed by atoms with Gasteiger partial charge in [-0.3, -0.25) is 0 Å². The van der Waals surface area contributed by atoms with E-state index < -0.39 is 0 Å². The first-order valence-electron chi connectivity index (χ1n) is 20.5. The van der Waals surface area contributed by atoms with Gasteiger partial charge < -0.3 is 13.6 Å². The van der Waals surface area contributed by atoms with Gasteiger partial charge in [0.1, 0.15) is 11.2 Å². The molecule has 0 N–H and O–H groups in total. The van der Waals surface area contributed by atoms with Crippen molar-refractivity contribution in [1.82, 2.24) is 24.1 Å². The van der Waals surface area contributed by atoms with E-state index in [0.717, 1.165) is 71.8 Å². The van der Waals surface area contributed by atoms with Crippen LogP contribution in [0.4, 0.5) is 0 Å². The molecule has 4 aromatic heterocycles. The van der Waals surface area contributed by atoms with E-state index >= 15 is 0 Å². The molecule has 0 radical (unpaired) electrons. The van der Waals surface area contributed by atoms with E-state index in [0.29, 0.717) is 17.5 Å². The van der Waals surface area contributed by atoms with Crippen LogP contribution in [-0.2, 0) is 0 Å². The number of rotatable bonds is 5. The van der Waals surface area contributed by atoms with Gasteiger partial charge in [0.05, 0.1) is 22.1 Å². The fourth-order valence-electron chi connectivity index (χ4n) is 9.53. The van der Waals surface area contributed by atoms with E-state index in [-0.39, 0.29) is 0 Å². The van der Waals surface area contributed by atoms with Gasteiger partial charge in [-0.25, -0.2) is 15.0 Å². The standard InChI is InChI=1S/C55H33N5O/c1-4-16-34(17-5-1)53-56-54(35-18-6-2-7-19-35)58-55(57-53)43-33-49-50(39-23-11-10-22-38(39)43)42-29-28-37(32-48(42)61-49)60-45-27-15-13-25-41(45)52-47(60)31-30-46-51(52)40-24-12-14-26-44(40)59(46)36-20-8-3-9-21-36/h1-33H. The van der Waals surface area contributed by atoms with Crippen molar-refractivity contribution < 1.29 is 4.42 Å². The second-order valence-electron chi connectivity index (χ2n) is 15.6. The molecule has 0 aliphatic rings. The van der Waals surface area contributed by atoms with Crippen LogP contribution in [0.2, 0.25) is 0 Å². The molecule has 4 heterocycles. The highest BCUT2D eigenvalue weighted by atomic mass is 16.3. The van der Waals surface area contributed by atoms with E-state index in [4.69, 9.17) is 19.4 Å². The third-order valence-corrected chi connectivity index (χ3v) is 12.1. The molecule has 0 bridgehead atoms. The zero-order valence-corrected chi connectivity index (χ0v) is 32.7. The molecule has 13 aromatic rings. The monoisotopic (exact) mass is 779 g/mol. The maximum Gasteiger partial charge on any atom is 0.164 e. The van der Waals surface area contributed by atoms with E-state index in [1.165, 1.54) is 32.6 Å². The molecular formula is C55H33N5O. The molecule has 0 aliphatic carbocycles. The van der Waals surface area contributed by atoms with Crippen LogP contribution in [0.1, 0.15) is 0 Å². The van der Waals surface area contributed by atoms with Crippen molar-refractivity contribution >= 4 is 76.3 Å². The van der Waals surface area contributed by atoms with Crippen molar-refractivity contribution in [1.29, 1.82) is 0 Å². The Kier molecular flexibility index (Phi) is 7.21. The van der Waals surface area contributed by atoms with Gasteiger partial charge in [0.25, 0.3) is 0 Å². The molecule has 6 heteroatoms. The molecule has 0 spiro atoms. The van der Waals surface area contributed by atoms with Crippen LogP contribution in [0, 0.1) is 0 Å². The molecule has 0 saturated heterocycles. The third-order valence-electron chi connectivity index (χ3n) is 12.1. The number of aromatic nitrogens is 5. The Bertz CT molecular complexity index is 3810. The van der Waals surface area contributed by atoms with Crippen LogP contribution < -0.4 is 0 Å². The molecule has 0 amide bonds. The van der Waals surface area contributed by atoms with Crippen molar-refractivity contribution in [2.75, 3.05) is 0 Å². The molecule has 0 fully saturated rings. The zero-order chi connectivity index (χ0) is 40.0. The van der Waals surface area contributed by atoms with Crippen molar-refractivity contribution in [3.63, 3.8) is 0 Å². The lowest BCUT2D eigenvalue weighted by Gasteiger charge is -2.11. The summed E-state index contributed by atoms with van der Waals surface area (Å²) in [6.45, 7) is 0. The summed E-state index contributed by atoms with van der Waals surface area (Å²) < 4.78 is 11.7. The lowest BCUT2D eigenvalue weighted by molar-refractivity contribution is 0.669. The fraction of sp³-hybridized carbons (Fsp3) is 0. The number of para-hydroxylation sites is 3. The molecule has 0 unspecified atom stereocenters. The summed E-state index contributed by atoms with van der Waals surface area (Å²) in [5, 5.41) is 9.18. The molecule has 61 heavy (non-hydrogen) atoms. The maximum atomic E-state index is 6.91. The number of nitrogens with zero attached hydrogens (tertiary/aromatic N) is 5. The number of furan rings is 1. The predicted molar refractivity (Wildman–Crippen MR) is 250 cm³/mol. The highest BCUT2D eigenvalue weighted by molar-refractivity contribution is 6.29. The smallest absolute Gasteiger partial charge is 0.164 e. The first kappa shape index (κ1) is 33.6. The van der Waals surface area contributed by atoms with Crippen LogP contribution in [0.5, 0.6) is 0 Å². The summed E-state index contributed by atoms with van der Waals surface area (Å²) >= 11 is 0. The Morgan fingerprint density at radius 2 is 0.803 bits per heavy atom. The van der Waals surface area contributed by atoms with Gasteiger partial charge in [0.2, 0.25) is 0 Å². The van der Waals surface area contributed by atoms with Crippen LogP contribution in [-0.4, -0.2) is 24.1 Å². The predicted octanol–water partition coefficient (Wildman–Crippen LogP) is 14.1. The number of hydrogen-bond acceptors (Lipinski definition) is 4. The summed E-state index contributed by atoms with van der Waals surface area (Å²) in [6.07, 6.45) is 0. The van der Waals surface area contributed by atoms with Gasteiger partial charge in [0, 0.05) is 66.4 Å². The van der Waals surface area contributed by atoms with E-state index in [9.17, 15) is 0 Å². The number of fused-ring (bicyclic) bond motifs is 12. The van der Waals surface area contributed by atoms with Crippen molar-refractivity contribution in [3.05, 3.63) is 200 Å². The fourth-order valence-corrected chi connectivity index (χ4v) is 9.53. The normalized spacial score (nSPS) is 11.9. The summed E-state index contributed by atoms with van der Waals surface area (Å²) in [6, 6.07) is 70.1. The number of benzene rings is 9. The van der Waals surface area contributed by atoms with Gasteiger partial charge in [0.15, 0.2) is 17.5 Å². The Balaban J connectivity index is 1.04. The minimum Gasteiger partial charge on any atom is -0.456 e. The van der Waals surface area contributed by atoms with Gasteiger partial charge in [-0.2, -0.15) is 0 Å². The first-order valence-corrected chi connectivity index (χ1v) is 20.5. The summed E-state index contributed by atoms with van der Waals surface area (Å²) in [5.74, 6) is 1.84. The molecule has 0 atom stereocenters. The van der Waals surface area contributed by atoms with Crippen molar-refractivity contribution in [2.45, 2.75) is 0 Å². The summed E-state index contributed by atoms with van der Waals surface area (Å²) in [7, 11) is 0. The highest BCUT2D eigenvalue weighted by Gasteiger charge is 2.23. The minimum absolute atomic E-state index is 0.595. The second kappa shape index (κ2) is 13.1. The average Bonchev–Trinajstić information content (AvgIpc) is 3.99. The van der Waals surface area contributed by atoms with Gasteiger partial charge in [-0.15, -0.1) is 0 Å². The average molecular weight is 780 g/mol. The quantitative estimate of drug-likeness (QED) is 0.175. The Hall–Kier alpha value is -8.35. The van der Waals surface area contributed by atoms with Crippen LogP contribution in [0.3, 0.4) is 0 Å². The SMILES string of the molecule is c1ccc(-c2nc(-c3ccccc3)nc(-c3cc4oc5cc(-n6c7ccccc7c7c8c9ccccc9n(-c9ccccc9)c8ccc76)ccc5c4c4ccccc34)n2)cc1. The maximum absolute atomic E-state index is 6.91. The molecule has 6 nitrogen and oxygen atoms in total. The number of hydrogen-bond donors (Lipinski definition) is 0. The molecule has 0 aliphatic heterocycles. The highest BCUT2D eigenvalue weighted by Crippen LogP contribution is 2.44. The summed E-state index contributed by atoms with van der Waals surface area (Å²) in [5.41, 5.74) is 11.2. The lowest BCUT2D eigenvalue weighted by atomic mass is 9.98. The molecule has 0 saturated carbocycles. The van der Waals surface area contributed by atoms with Crippen molar-refractivity contribution in [2.24, 2.45) is 0 Å². The molecule has 284 valence electrons. The van der Waals surface area contributed by atoms with Crippen LogP contribution in [0.15, 0.2) is 205 Å².